The lowest BCUT2D eigenvalue weighted by Gasteiger charge is -2.21. The van der Waals surface area contributed by atoms with Crippen LogP contribution in [0.2, 0.25) is 0 Å². The van der Waals surface area contributed by atoms with Crippen LogP contribution in [0.3, 0.4) is 0 Å². The molecule has 1 rings (SSSR count). The molecule has 0 spiro atoms. The number of nitrogens with zero attached hydrogens (tertiary/aromatic N) is 2. The van der Waals surface area contributed by atoms with Crippen LogP contribution in [-0.2, 0) is 6.54 Å². The standard InChI is InChI=1S/C13H18Cl2N2O3/c1-2-20-13-4-3-12(17(18)19)9-11(13)10-16(7-5-14)8-6-15/h3-4,9H,2,5-8,10H2,1H3. The Morgan fingerprint density at radius 2 is 1.95 bits per heavy atom. The second-order valence-electron chi connectivity index (χ2n) is 4.14. The van der Waals surface area contributed by atoms with Crippen molar-refractivity contribution < 1.29 is 9.66 Å². The number of alkyl halides is 2. The van der Waals surface area contributed by atoms with Crippen molar-refractivity contribution in [3.8, 4) is 5.75 Å². The lowest BCUT2D eigenvalue weighted by Crippen LogP contribution is -2.27. The summed E-state index contributed by atoms with van der Waals surface area (Å²) in [5.41, 5.74) is 0.830. The predicted molar refractivity (Wildman–Crippen MR) is 81.0 cm³/mol. The number of rotatable bonds is 9. The average molecular weight is 321 g/mol. The summed E-state index contributed by atoms with van der Waals surface area (Å²) in [6.45, 7) is 4.25. The molecular weight excluding hydrogens is 303 g/mol. The van der Waals surface area contributed by atoms with Gasteiger partial charge in [-0.3, -0.25) is 15.0 Å². The van der Waals surface area contributed by atoms with E-state index < -0.39 is 4.92 Å². The third-order valence-electron chi connectivity index (χ3n) is 2.75. The van der Waals surface area contributed by atoms with Gasteiger partial charge in [0.15, 0.2) is 0 Å². The molecule has 7 heteroatoms. The van der Waals surface area contributed by atoms with Crippen LogP contribution < -0.4 is 4.74 Å². The molecule has 0 radical (unpaired) electrons. The van der Waals surface area contributed by atoms with E-state index in [0.717, 1.165) is 5.56 Å². The molecule has 0 aliphatic carbocycles. The lowest BCUT2D eigenvalue weighted by molar-refractivity contribution is -0.385. The van der Waals surface area contributed by atoms with Crippen LogP contribution in [0.4, 0.5) is 5.69 Å². The summed E-state index contributed by atoms with van der Waals surface area (Å²) < 4.78 is 5.51. The van der Waals surface area contributed by atoms with Crippen molar-refractivity contribution in [3.63, 3.8) is 0 Å². The molecular formula is C13H18Cl2N2O3. The third kappa shape index (κ3) is 5.15. The second-order valence-corrected chi connectivity index (χ2v) is 4.89. The molecule has 0 heterocycles. The highest BCUT2D eigenvalue weighted by Crippen LogP contribution is 2.25. The van der Waals surface area contributed by atoms with E-state index in [1.807, 2.05) is 11.8 Å². The van der Waals surface area contributed by atoms with E-state index in [-0.39, 0.29) is 5.69 Å². The molecule has 0 amide bonds. The van der Waals surface area contributed by atoms with Gasteiger partial charge in [0.05, 0.1) is 11.5 Å². The average Bonchev–Trinajstić information content (AvgIpc) is 2.41. The fourth-order valence-corrected chi connectivity index (χ4v) is 2.33. The minimum Gasteiger partial charge on any atom is -0.494 e. The Hall–Kier alpha value is -1.04. The maximum Gasteiger partial charge on any atom is 0.270 e. The van der Waals surface area contributed by atoms with Crippen LogP contribution in [0.25, 0.3) is 0 Å². The molecule has 0 saturated heterocycles. The van der Waals surface area contributed by atoms with E-state index in [1.165, 1.54) is 6.07 Å². The summed E-state index contributed by atoms with van der Waals surface area (Å²) >= 11 is 11.5. The number of hydrogen-bond donors (Lipinski definition) is 0. The van der Waals surface area contributed by atoms with Gasteiger partial charge in [0.25, 0.3) is 5.69 Å². The van der Waals surface area contributed by atoms with E-state index in [2.05, 4.69) is 0 Å². The maximum absolute atomic E-state index is 10.9. The Morgan fingerprint density at radius 1 is 1.30 bits per heavy atom. The normalized spacial score (nSPS) is 10.8. The molecule has 0 bridgehead atoms. The monoisotopic (exact) mass is 320 g/mol. The van der Waals surface area contributed by atoms with Crippen LogP contribution in [0.1, 0.15) is 12.5 Å². The Balaban J connectivity index is 2.97. The molecule has 0 aliphatic heterocycles. The molecule has 0 aliphatic rings. The summed E-state index contributed by atoms with van der Waals surface area (Å²) in [5.74, 6) is 1.62. The molecule has 0 saturated carbocycles. The first-order valence-electron chi connectivity index (χ1n) is 6.36. The molecule has 20 heavy (non-hydrogen) atoms. The number of halogens is 2. The smallest absolute Gasteiger partial charge is 0.270 e. The van der Waals surface area contributed by atoms with Crippen molar-refractivity contribution in [2.24, 2.45) is 0 Å². The molecule has 0 aromatic heterocycles. The van der Waals surface area contributed by atoms with Gasteiger partial charge in [-0.25, -0.2) is 0 Å². The fourth-order valence-electron chi connectivity index (χ4n) is 1.85. The SMILES string of the molecule is CCOc1ccc([N+](=O)[O-])cc1CN(CCCl)CCCl. The van der Waals surface area contributed by atoms with Crippen molar-refractivity contribution in [1.29, 1.82) is 0 Å². The first kappa shape index (κ1) is 17.0. The van der Waals surface area contributed by atoms with E-state index in [9.17, 15) is 10.1 Å². The fraction of sp³-hybridized carbons (Fsp3) is 0.538. The molecule has 0 fully saturated rings. The van der Waals surface area contributed by atoms with Gasteiger partial charge < -0.3 is 4.74 Å². The van der Waals surface area contributed by atoms with E-state index in [0.29, 0.717) is 43.8 Å². The Labute approximate surface area is 128 Å². The minimum atomic E-state index is -0.410. The van der Waals surface area contributed by atoms with Gasteiger partial charge in [-0.1, -0.05) is 0 Å². The van der Waals surface area contributed by atoms with Gasteiger partial charge in [0, 0.05) is 49.1 Å². The second kappa shape index (κ2) is 9.00. The quantitative estimate of drug-likeness (QED) is 0.398. The number of nitro groups is 1. The van der Waals surface area contributed by atoms with Crippen LogP contribution in [0.5, 0.6) is 5.75 Å². The van der Waals surface area contributed by atoms with Crippen molar-refractivity contribution in [3.05, 3.63) is 33.9 Å². The number of benzene rings is 1. The summed E-state index contributed by atoms with van der Waals surface area (Å²) in [5, 5.41) is 10.9. The first-order chi connectivity index (χ1) is 9.62. The zero-order valence-corrected chi connectivity index (χ0v) is 12.9. The van der Waals surface area contributed by atoms with Gasteiger partial charge in [-0.2, -0.15) is 0 Å². The molecule has 0 atom stereocenters. The zero-order chi connectivity index (χ0) is 15.0. The van der Waals surface area contributed by atoms with Crippen molar-refractivity contribution in [2.75, 3.05) is 31.5 Å². The van der Waals surface area contributed by atoms with Gasteiger partial charge in [-0.15, -0.1) is 23.2 Å². The number of ether oxygens (including phenoxy) is 1. The first-order valence-corrected chi connectivity index (χ1v) is 7.43. The molecule has 0 unspecified atom stereocenters. The highest BCUT2D eigenvalue weighted by molar-refractivity contribution is 6.18. The molecule has 5 nitrogen and oxygen atoms in total. The van der Waals surface area contributed by atoms with Crippen LogP contribution >= 0.6 is 23.2 Å². The van der Waals surface area contributed by atoms with Crippen molar-refractivity contribution >= 4 is 28.9 Å². The number of nitro benzene ring substituents is 1. The number of non-ortho nitro benzene ring substituents is 1. The largest absolute Gasteiger partial charge is 0.494 e. The summed E-state index contributed by atoms with van der Waals surface area (Å²) in [4.78, 5) is 12.5. The number of hydrogen-bond acceptors (Lipinski definition) is 4. The highest BCUT2D eigenvalue weighted by atomic mass is 35.5. The molecule has 112 valence electrons. The molecule has 1 aromatic carbocycles. The van der Waals surface area contributed by atoms with Gasteiger partial charge in [0.1, 0.15) is 5.75 Å². The topological polar surface area (TPSA) is 55.6 Å². The van der Waals surface area contributed by atoms with E-state index >= 15 is 0 Å². The van der Waals surface area contributed by atoms with Gasteiger partial charge >= 0.3 is 0 Å². The lowest BCUT2D eigenvalue weighted by atomic mass is 10.1. The molecule has 1 aromatic rings. The minimum absolute atomic E-state index is 0.0557. The van der Waals surface area contributed by atoms with Crippen molar-refractivity contribution in [1.82, 2.24) is 4.90 Å². The Morgan fingerprint density at radius 3 is 2.45 bits per heavy atom. The predicted octanol–water partition coefficient (Wildman–Crippen LogP) is 3.27. The zero-order valence-electron chi connectivity index (χ0n) is 11.3. The third-order valence-corrected chi connectivity index (χ3v) is 3.09. The highest BCUT2D eigenvalue weighted by Gasteiger charge is 2.14. The maximum atomic E-state index is 10.9. The van der Waals surface area contributed by atoms with Crippen molar-refractivity contribution in [2.45, 2.75) is 13.5 Å². The Bertz CT molecular complexity index is 438. The molecule has 0 N–H and O–H groups in total. The van der Waals surface area contributed by atoms with E-state index in [1.54, 1.807) is 12.1 Å². The summed E-state index contributed by atoms with van der Waals surface area (Å²) in [6.07, 6.45) is 0. The summed E-state index contributed by atoms with van der Waals surface area (Å²) in [6, 6.07) is 4.62. The van der Waals surface area contributed by atoms with Crippen LogP contribution in [0, 0.1) is 10.1 Å². The Kier molecular flexibility index (Phi) is 7.65. The van der Waals surface area contributed by atoms with Gasteiger partial charge in [-0.05, 0) is 13.0 Å². The van der Waals surface area contributed by atoms with Crippen LogP contribution in [0.15, 0.2) is 18.2 Å². The summed E-state index contributed by atoms with van der Waals surface area (Å²) in [7, 11) is 0. The van der Waals surface area contributed by atoms with Crippen LogP contribution in [-0.4, -0.2) is 41.3 Å². The van der Waals surface area contributed by atoms with E-state index in [4.69, 9.17) is 27.9 Å². The van der Waals surface area contributed by atoms with Gasteiger partial charge in [0.2, 0.25) is 0 Å².